The lowest BCUT2D eigenvalue weighted by Gasteiger charge is -2.20. The van der Waals surface area contributed by atoms with Crippen molar-refractivity contribution in [3.8, 4) is 0 Å². The van der Waals surface area contributed by atoms with Crippen molar-refractivity contribution >= 4 is 19.5 Å². The van der Waals surface area contributed by atoms with E-state index >= 15 is 0 Å². The largest absolute Gasteiger partial charge is 0.472 e. The van der Waals surface area contributed by atoms with E-state index in [1.165, 1.54) is 24.5 Å². The molecule has 0 amide bonds. The van der Waals surface area contributed by atoms with E-state index in [0.29, 0.717) is 0 Å². The van der Waals surface area contributed by atoms with E-state index in [0.717, 1.165) is 9.13 Å². The Kier molecular flexibility index (Phi) is 7.35. The van der Waals surface area contributed by atoms with Crippen LogP contribution in [0.2, 0.25) is 0 Å². The molecule has 0 radical (unpaired) electrons. The van der Waals surface area contributed by atoms with Gasteiger partial charge in [-0.25, -0.2) is 14.2 Å². The highest BCUT2D eigenvalue weighted by Gasteiger charge is 2.40. The second-order valence-corrected chi connectivity index (χ2v) is 9.46. The first-order valence-corrected chi connectivity index (χ1v) is 12.0. The highest BCUT2D eigenvalue weighted by atomic mass is 31.2. The van der Waals surface area contributed by atoms with Crippen molar-refractivity contribution in [3.05, 3.63) is 45.5 Å². The summed E-state index contributed by atoms with van der Waals surface area (Å²) in [6, 6.07) is 2.78. The lowest BCUT2D eigenvalue weighted by atomic mass is 10.2. The molecule has 2 aliphatic heterocycles. The first-order chi connectivity index (χ1) is 16.5. The summed E-state index contributed by atoms with van der Waals surface area (Å²) in [6.45, 7) is -1.04. The molecule has 0 unspecified atom stereocenters. The van der Waals surface area contributed by atoms with Crippen molar-refractivity contribution in [2.45, 2.75) is 49.7 Å². The summed E-state index contributed by atoms with van der Waals surface area (Å²) >= 11 is 0. The van der Waals surface area contributed by atoms with Crippen molar-refractivity contribution < 1.29 is 38.2 Å². The van der Waals surface area contributed by atoms with E-state index in [-0.39, 0.29) is 24.5 Å². The van der Waals surface area contributed by atoms with Crippen LogP contribution in [0.4, 0.5) is 11.6 Å². The van der Waals surface area contributed by atoms with Gasteiger partial charge in [0.1, 0.15) is 36.3 Å². The summed E-state index contributed by atoms with van der Waals surface area (Å²) in [6.07, 6.45) is -3.26. The van der Waals surface area contributed by atoms with Crippen LogP contribution in [-0.4, -0.2) is 71.8 Å². The Balaban J connectivity index is 1.28. The average Bonchev–Trinajstić information content (AvgIpc) is 3.33. The maximum absolute atomic E-state index is 12.3. The lowest BCUT2D eigenvalue weighted by molar-refractivity contribution is -0.0581. The normalized spacial score (nSPS) is 29.0. The Labute approximate surface area is 197 Å². The molecular weight excluding hydrogens is 491 g/mol. The molecule has 0 aromatic carbocycles. The molecule has 192 valence electrons. The third kappa shape index (κ3) is 5.94. The molecule has 4 rings (SSSR count). The van der Waals surface area contributed by atoms with Gasteiger partial charge >= 0.3 is 19.2 Å². The molecule has 2 fully saturated rings. The molecule has 0 bridgehead atoms. The maximum Gasteiger partial charge on any atom is 0.472 e. The van der Waals surface area contributed by atoms with Crippen LogP contribution in [0.3, 0.4) is 0 Å². The van der Waals surface area contributed by atoms with Gasteiger partial charge in [-0.05, 0) is 12.1 Å². The van der Waals surface area contributed by atoms with Crippen LogP contribution in [0, 0.1) is 0 Å². The Morgan fingerprint density at radius 1 is 0.914 bits per heavy atom. The summed E-state index contributed by atoms with van der Waals surface area (Å²) < 4.78 is 35.5. The number of hydrogen-bond acceptors (Lipinski definition) is 13. The number of nitrogens with zero attached hydrogens (tertiary/aromatic N) is 4. The number of hydrogen-bond donors (Lipinski definition) is 5. The van der Waals surface area contributed by atoms with Gasteiger partial charge in [-0.1, -0.05) is 0 Å². The number of nitrogen functional groups attached to an aromatic ring is 2. The smallest absolute Gasteiger partial charge is 0.390 e. The van der Waals surface area contributed by atoms with Gasteiger partial charge < -0.3 is 36.0 Å². The molecule has 2 saturated heterocycles. The number of phosphoric ester groups is 1. The van der Waals surface area contributed by atoms with E-state index in [1.54, 1.807) is 0 Å². The molecule has 35 heavy (non-hydrogen) atoms. The van der Waals surface area contributed by atoms with Crippen molar-refractivity contribution in [2.75, 3.05) is 24.7 Å². The summed E-state index contributed by atoms with van der Waals surface area (Å²) in [4.78, 5) is 41.1. The molecule has 16 nitrogen and oxygen atoms in total. The minimum atomic E-state index is -4.64. The molecule has 0 spiro atoms. The van der Waals surface area contributed by atoms with Gasteiger partial charge in [0, 0.05) is 25.2 Å². The van der Waals surface area contributed by atoms with Crippen LogP contribution in [0.25, 0.3) is 0 Å². The summed E-state index contributed by atoms with van der Waals surface area (Å²) in [5.41, 5.74) is 9.56. The van der Waals surface area contributed by atoms with Crippen LogP contribution >= 0.6 is 7.82 Å². The minimum absolute atomic E-state index is 0.0129. The van der Waals surface area contributed by atoms with Gasteiger partial charge in [0.15, 0.2) is 0 Å². The molecule has 17 heteroatoms. The van der Waals surface area contributed by atoms with E-state index in [1.807, 2.05) is 0 Å². The Morgan fingerprint density at radius 2 is 1.31 bits per heavy atom. The first-order valence-electron chi connectivity index (χ1n) is 10.5. The quantitative estimate of drug-likeness (QED) is 0.241. The molecule has 6 atom stereocenters. The number of aromatic nitrogens is 4. The van der Waals surface area contributed by atoms with Gasteiger partial charge in [0.05, 0.1) is 25.4 Å². The molecule has 2 aromatic heterocycles. The predicted octanol–water partition coefficient (Wildman–Crippen LogP) is -1.90. The highest BCUT2D eigenvalue weighted by molar-refractivity contribution is 7.47. The molecule has 0 aliphatic carbocycles. The molecule has 0 saturated carbocycles. The Hall–Kier alpha value is -2.69. The van der Waals surface area contributed by atoms with Crippen LogP contribution < -0.4 is 22.8 Å². The first kappa shape index (κ1) is 25.4. The molecule has 4 heterocycles. The molecular formula is C18H25N6O10P. The van der Waals surface area contributed by atoms with Crippen LogP contribution in [0.1, 0.15) is 25.3 Å². The van der Waals surface area contributed by atoms with Crippen molar-refractivity contribution in [3.63, 3.8) is 0 Å². The number of nitrogens with two attached hydrogens (primary N) is 2. The maximum atomic E-state index is 12.3. The summed E-state index contributed by atoms with van der Waals surface area (Å²) in [7, 11) is -4.64. The number of phosphoric acid groups is 1. The zero-order valence-corrected chi connectivity index (χ0v) is 19.1. The zero-order valence-electron chi connectivity index (χ0n) is 18.2. The Morgan fingerprint density at radius 3 is 1.69 bits per heavy atom. The Bertz CT molecular complexity index is 1130. The molecule has 2 aliphatic rings. The summed E-state index contributed by atoms with van der Waals surface area (Å²) in [5.74, 6) is 0.0610. The van der Waals surface area contributed by atoms with Gasteiger partial charge in [-0.2, -0.15) is 9.97 Å². The lowest BCUT2D eigenvalue weighted by Crippen LogP contribution is -2.29. The number of aliphatic hydroxyl groups excluding tert-OH is 2. The fourth-order valence-corrected chi connectivity index (χ4v) is 4.48. The predicted molar refractivity (Wildman–Crippen MR) is 117 cm³/mol. The van der Waals surface area contributed by atoms with E-state index in [2.05, 4.69) is 9.97 Å². The van der Waals surface area contributed by atoms with Gasteiger partial charge in [-0.3, -0.25) is 18.2 Å². The van der Waals surface area contributed by atoms with Gasteiger partial charge in [0.2, 0.25) is 0 Å². The third-order valence-electron chi connectivity index (χ3n) is 5.54. The SMILES string of the molecule is Nc1ccn([C@H]2C[C@H](O)[C@@H](COP(=O)(O)OC[C@H]3O[C@@H](n4ccc(N)nc4=O)C[C@@H]3O)O2)c(=O)n1. The molecule has 7 N–H and O–H groups in total. The number of aliphatic hydroxyl groups is 2. The highest BCUT2D eigenvalue weighted by Crippen LogP contribution is 2.45. The van der Waals surface area contributed by atoms with Crippen LogP contribution in [-0.2, 0) is 23.1 Å². The topological polar surface area (TPSA) is 236 Å². The third-order valence-corrected chi connectivity index (χ3v) is 6.49. The number of anilines is 2. The van der Waals surface area contributed by atoms with Gasteiger partial charge in [0.25, 0.3) is 0 Å². The fraction of sp³-hybridized carbons (Fsp3) is 0.556. The van der Waals surface area contributed by atoms with E-state index < -0.39 is 69.3 Å². The standard InChI is InChI=1S/C18H25N6O10P/c19-13-1-3-23(17(27)21-13)15-5-9(25)11(33-15)7-31-35(29,30)32-8-12-10(26)6-16(34-12)24-4-2-14(20)22-18(24)28/h1-4,9-12,15-16,25-26H,5-8H2,(H,29,30)(H2,19,21,27)(H2,20,22,28)/t9-,10-,11+,12+,15+,16+/m0/s1. The van der Waals surface area contributed by atoms with Crippen molar-refractivity contribution in [2.24, 2.45) is 0 Å². The second-order valence-electron chi connectivity index (χ2n) is 8.01. The number of ether oxygens (including phenoxy) is 2. The average molecular weight is 516 g/mol. The zero-order chi connectivity index (χ0) is 25.3. The summed E-state index contributed by atoms with van der Waals surface area (Å²) in [5, 5.41) is 20.4. The van der Waals surface area contributed by atoms with E-state index in [9.17, 15) is 29.3 Å². The molecule has 2 aromatic rings. The fourth-order valence-electron chi connectivity index (χ4n) is 3.73. The minimum Gasteiger partial charge on any atom is -0.390 e. The number of rotatable bonds is 8. The van der Waals surface area contributed by atoms with Crippen molar-refractivity contribution in [1.29, 1.82) is 0 Å². The van der Waals surface area contributed by atoms with Gasteiger partial charge in [-0.15, -0.1) is 0 Å². The van der Waals surface area contributed by atoms with Crippen LogP contribution in [0.15, 0.2) is 34.1 Å². The monoisotopic (exact) mass is 516 g/mol. The van der Waals surface area contributed by atoms with E-state index in [4.69, 9.17) is 30.0 Å². The van der Waals surface area contributed by atoms with Crippen molar-refractivity contribution in [1.82, 2.24) is 19.1 Å². The second kappa shape index (κ2) is 10.1. The van der Waals surface area contributed by atoms with Crippen LogP contribution in [0.5, 0.6) is 0 Å².